The van der Waals surface area contributed by atoms with E-state index in [4.69, 9.17) is 15.4 Å². The van der Waals surface area contributed by atoms with Gasteiger partial charge in [-0.05, 0) is 30.3 Å². The van der Waals surface area contributed by atoms with Crippen LogP contribution in [-0.2, 0) is 12.7 Å². The van der Waals surface area contributed by atoms with Crippen molar-refractivity contribution in [2.45, 2.75) is 18.9 Å². The van der Waals surface area contributed by atoms with Gasteiger partial charge in [0.25, 0.3) is 0 Å². The summed E-state index contributed by atoms with van der Waals surface area (Å²) in [4.78, 5) is 0.661. The number of hydrogen-bond donors (Lipinski definition) is 1. The van der Waals surface area contributed by atoms with Crippen molar-refractivity contribution in [3.8, 4) is 6.07 Å². The molecule has 2 N–H and O–H groups in total. The van der Waals surface area contributed by atoms with Crippen LogP contribution in [0.25, 0.3) is 0 Å². The zero-order chi connectivity index (χ0) is 18.8. The van der Waals surface area contributed by atoms with E-state index in [9.17, 15) is 26.3 Å². The van der Waals surface area contributed by atoms with E-state index >= 15 is 0 Å². The minimum absolute atomic E-state index is 0.00573. The first-order chi connectivity index (χ1) is 11.5. The lowest BCUT2D eigenvalue weighted by atomic mass is 10.1. The highest BCUT2D eigenvalue weighted by molar-refractivity contribution is 5.59. The van der Waals surface area contributed by atoms with Crippen LogP contribution < -0.4 is 10.6 Å². The molecule has 0 aliphatic carbocycles. The highest BCUT2D eigenvalue weighted by Crippen LogP contribution is 2.36. The molecule has 1 aromatic heterocycles. The van der Waals surface area contributed by atoms with Crippen molar-refractivity contribution in [1.29, 1.82) is 5.26 Å². The number of benzene rings is 1. The van der Waals surface area contributed by atoms with Crippen LogP contribution in [0, 0.1) is 11.3 Å². The third-order valence-electron chi connectivity index (χ3n) is 3.20. The summed E-state index contributed by atoms with van der Waals surface area (Å²) < 4.78 is 82.2. The Morgan fingerprint density at radius 3 is 2.28 bits per heavy atom. The van der Waals surface area contributed by atoms with Crippen LogP contribution in [0.15, 0.2) is 34.7 Å². The molecule has 0 aliphatic rings. The Kier molecular flexibility index (Phi) is 4.87. The quantitative estimate of drug-likeness (QED) is 0.649. The van der Waals surface area contributed by atoms with Gasteiger partial charge < -0.3 is 15.1 Å². The fourth-order valence-electron chi connectivity index (χ4n) is 2.15. The minimum Gasteiger partial charge on any atom is -0.449 e. The Morgan fingerprint density at radius 1 is 1.08 bits per heavy atom. The number of alkyl halides is 6. The van der Waals surface area contributed by atoms with Crippen LogP contribution in [0.5, 0.6) is 0 Å². The average Bonchev–Trinajstić information content (AvgIpc) is 2.92. The SMILES string of the molecule is N#Cc1ccc(CN(CC(F)(F)F)c2ccc(N)c(C(F)(F)F)c2)o1. The van der Waals surface area contributed by atoms with Crippen molar-refractivity contribution in [3.05, 3.63) is 47.4 Å². The van der Waals surface area contributed by atoms with Gasteiger partial charge in [0, 0.05) is 11.4 Å². The maximum Gasteiger partial charge on any atom is 0.418 e. The monoisotopic (exact) mass is 363 g/mol. The standard InChI is InChI=1S/C15H11F6N3O/c16-14(17,18)8-24(7-11-3-2-10(6-22)25-11)9-1-4-13(23)12(5-9)15(19,20)21/h1-5H,7-8,23H2. The molecule has 4 nitrogen and oxygen atoms in total. The topological polar surface area (TPSA) is 66.2 Å². The molecule has 0 saturated carbocycles. The van der Waals surface area contributed by atoms with Gasteiger partial charge in [-0.3, -0.25) is 0 Å². The molecular weight excluding hydrogens is 352 g/mol. The number of halogens is 6. The van der Waals surface area contributed by atoms with Crippen molar-refractivity contribution in [2.75, 3.05) is 17.2 Å². The highest BCUT2D eigenvalue weighted by atomic mass is 19.4. The summed E-state index contributed by atoms with van der Waals surface area (Å²) in [6.07, 6.45) is -9.47. The highest BCUT2D eigenvalue weighted by Gasteiger charge is 2.35. The number of nitriles is 1. The van der Waals surface area contributed by atoms with Gasteiger partial charge in [0.15, 0.2) is 0 Å². The fourth-order valence-corrected chi connectivity index (χ4v) is 2.15. The predicted octanol–water partition coefficient (Wildman–Crippen LogP) is 4.32. The first kappa shape index (κ1) is 18.5. The van der Waals surface area contributed by atoms with Gasteiger partial charge in [0.05, 0.1) is 12.1 Å². The molecule has 1 aromatic carbocycles. The summed E-state index contributed by atoms with van der Waals surface area (Å²) in [5.74, 6) is -0.110. The van der Waals surface area contributed by atoms with Crippen LogP contribution >= 0.6 is 0 Å². The Morgan fingerprint density at radius 2 is 1.76 bits per heavy atom. The fraction of sp³-hybridized carbons (Fsp3) is 0.267. The lowest BCUT2D eigenvalue weighted by molar-refractivity contribution is -0.136. The van der Waals surface area contributed by atoms with Crippen molar-refractivity contribution in [1.82, 2.24) is 0 Å². The van der Waals surface area contributed by atoms with Crippen LogP contribution in [-0.4, -0.2) is 12.7 Å². The maximum absolute atomic E-state index is 12.9. The van der Waals surface area contributed by atoms with Crippen LogP contribution in [0.1, 0.15) is 17.1 Å². The molecule has 25 heavy (non-hydrogen) atoms. The summed E-state index contributed by atoms with van der Waals surface area (Å²) in [6, 6.07) is 6.71. The normalized spacial score (nSPS) is 12.0. The minimum atomic E-state index is -4.80. The van der Waals surface area contributed by atoms with Crippen LogP contribution in [0.4, 0.5) is 37.7 Å². The van der Waals surface area contributed by atoms with E-state index in [-0.39, 0.29) is 17.2 Å². The van der Waals surface area contributed by atoms with Gasteiger partial charge in [-0.1, -0.05) is 0 Å². The van der Waals surface area contributed by atoms with Gasteiger partial charge in [-0.15, -0.1) is 0 Å². The van der Waals surface area contributed by atoms with Crippen molar-refractivity contribution in [2.24, 2.45) is 0 Å². The molecule has 1 heterocycles. The number of hydrogen-bond acceptors (Lipinski definition) is 4. The zero-order valence-electron chi connectivity index (χ0n) is 12.4. The van der Waals surface area contributed by atoms with Gasteiger partial charge in [0.1, 0.15) is 18.4 Å². The summed E-state index contributed by atoms with van der Waals surface area (Å²) in [7, 11) is 0. The van der Waals surface area contributed by atoms with E-state index < -0.39 is 36.7 Å². The molecule has 0 unspecified atom stereocenters. The molecule has 2 rings (SSSR count). The second-order valence-electron chi connectivity index (χ2n) is 5.12. The van der Waals surface area contributed by atoms with E-state index in [0.29, 0.717) is 11.0 Å². The third-order valence-corrected chi connectivity index (χ3v) is 3.20. The van der Waals surface area contributed by atoms with E-state index in [2.05, 4.69) is 0 Å². The summed E-state index contributed by atoms with van der Waals surface area (Å²) >= 11 is 0. The van der Waals surface area contributed by atoms with Crippen molar-refractivity contribution >= 4 is 11.4 Å². The molecule has 0 bridgehead atoms. The Hall–Kier alpha value is -2.83. The van der Waals surface area contributed by atoms with E-state index in [1.165, 1.54) is 12.1 Å². The summed E-state index contributed by atoms with van der Waals surface area (Å²) in [6.45, 7) is -1.97. The van der Waals surface area contributed by atoms with Crippen molar-refractivity contribution in [3.63, 3.8) is 0 Å². The number of nitrogen functional groups attached to an aromatic ring is 1. The molecule has 134 valence electrons. The molecule has 0 amide bonds. The molecule has 0 radical (unpaired) electrons. The molecule has 0 saturated heterocycles. The Bertz CT molecular complexity index is 788. The van der Waals surface area contributed by atoms with E-state index in [1.807, 2.05) is 0 Å². The van der Waals surface area contributed by atoms with E-state index in [1.54, 1.807) is 6.07 Å². The lowest BCUT2D eigenvalue weighted by Crippen LogP contribution is -2.34. The third kappa shape index (κ3) is 4.82. The summed E-state index contributed by atoms with van der Waals surface area (Å²) in [5.41, 5.74) is 3.12. The first-order valence-corrected chi connectivity index (χ1v) is 6.77. The number of rotatable bonds is 4. The molecular formula is C15H11F6N3O. The molecule has 0 atom stereocenters. The Labute approximate surface area is 138 Å². The molecule has 10 heteroatoms. The van der Waals surface area contributed by atoms with Gasteiger partial charge >= 0.3 is 12.4 Å². The second kappa shape index (κ2) is 6.58. The molecule has 2 aromatic rings. The van der Waals surface area contributed by atoms with Crippen molar-refractivity contribution < 1.29 is 30.8 Å². The van der Waals surface area contributed by atoms with Gasteiger partial charge in [0.2, 0.25) is 5.76 Å². The molecule has 0 spiro atoms. The van der Waals surface area contributed by atoms with E-state index in [0.717, 1.165) is 12.1 Å². The molecule has 0 aliphatic heterocycles. The second-order valence-corrected chi connectivity index (χ2v) is 5.12. The maximum atomic E-state index is 12.9. The zero-order valence-corrected chi connectivity index (χ0v) is 12.4. The van der Waals surface area contributed by atoms with Gasteiger partial charge in [-0.25, -0.2) is 0 Å². The first-order valence-electron chi connectivity index (χ1n) is 6.77. The number of furan rings is 1. The number of nitrogens with zero attached hydrogens (tertiary/aromatic N) is 2. The summed E-state index contributed by atoms with van der Waals surface area (Å²) in [5, 5.41) is 8.67. The molecule has 0 fully saturated rings. The Balaban J connectivity index is 2.40. The lowest BCUT2D eigenvalue weighted by Gasteiger charge is -2.26. The average molecular weight is 363 g/mol. The van der Waals surface area contributed by atoms with Crippen LogP contribution in [0.2, 0.25) is 0 Å². The largest absolute Gasteiger partial charge is 0.449 e. The smallest absolute Gasteiger partial charge is 0.418 e. The van der Waals surface area contributed by atoms with Crippen LogP contribution in [0.3, 0.4) is 0 Å². The predicted molar refractivity (Wildman–Crippen MR) is 76.4 cm³/mol. The van der Waals surface area contributed by atoms with Gasteiger partial charge in [-0.2, -0.15) is 31.6 Å². The number of nitrogens with two attached hydrogens (primary N) is 1. The number of anilines is 2.